The van der Waals surface area contributed by atoms with Gasteiger partial charge in [-0.25, -0.2) is 0 Å². The van der Waals surface area contributed by atoms with Crippen molar-refractivity contribution in [2.24, 2.45) is 0 Å². The molecule has 1 saturated carbocycles. The Balaban J connectivity index is 1.54. The van der Waals surface area contributed by atoms with Crippen molar-refractivity contribution in [1.82, 2.24) is 15.5 Å². The second-order valence-corrected chi connectivity index (χ2v) is 7.35. The molecule has 0 bridgehead atoms. The van der Waals surface area contributed by atoms with E-state index in [2.05, 4.69) is 15.5 Å². The molecular formula is C20H19N3O3S. The summed E-state index contributed by atoms with van der Waals surface area (Å²) >= 11 is 1.27. The van der Waals surface area contributed by atoms with E-state index in [1.165, 1.54) is 11.8 Å². The van der Waals surface area contributed by atoms with Crippen LogP contribution >= 0.6 is 11.8 Å². The van der Waals surface area contributed by atoms with E-state index < -0.39 is 5.25 Å². The van der Waals surface area contributed by atoms with Gasteiger partial charge >= 0.3 is 0 Å². The van der Waals surface area contributed by atoms with Crippen molar-refractivity contribution < 1.29 is 13.9 Å². The van der Waals surface area contributed by atoms with Crippen LogP contribution in [0.15, 0.2) is 64.2 Å². The average Bonchev–Trinajstić information content (AvgIpc) is 3.40. The molecule has 0 spiro atoms. The van der Waals surface area contributed by atoms with E-state index in [9.17, 15) is 4.79 Å². The fourth-order valence-corrected chi connectivity index (χ4v) is 3.50. The van der Waals surface area contributed by atoms with Gasteiger partial charge in [0.25, 0.3) is 5.22 Å². The van der Waals surface area contributed by atoms with Gasteiger partial charge in [-0.2, -0.15) is 0 Å². The Labute approximate surface area is 161 Å². The third-order valence-electron chi connectivity index (χ3n) is 4.23. The standard InChI is InChI=1S/C20H19N3O3S/c1-25-16-11-7-14(8-12-16)19-22-23-20(26-19)27-17(13-5-3-2-4-6-13)18(24)21-15-9-10-15/h2-8,11-12,15,17H,9-10H2,1H3,(H,21,24). The zero-order chi connectivity index (χ0) is 18.6. The lowest BCUT2D eigenvalue weighted by Crippen LogP contribution is -2.29. The number of nitrogens with one attached hydrogen (secondary N) is 1. The van der Waals surface area contributed by atoms with Gasteiger partial charge < -0.3 is 14.5 Å². The van der Waals surface area contributed by atoms with Crippen molar-refractivity contribution in [2.45, 2.75) is 29.4 Å². The number of carbonyl (C=O) groups excluding carboxylic acids is 1. The molecule has 0 aliphatic heterocycles. The number of thioether (sulfide) groups is 1. The molecule has 7 heteroatoms. The Morgan fingerprint density at radius 3 is 2.56 bits per heavy atom. The molecular weight excluding hydrogens is 362 g/mol. The lowest BCUT2D eigenvalue weighted by atomic mass is 10.1. The van der Waals surface area contributed by atoms with Crippen LogP contribution in [-0.2, 0) is 4.79 Å². The first-order valence-electron chi connectivity index (χ1n) is 8.73. The van der Waals surface area contributed by atoms with Crippen LogP contribution in [0.2, 0.25) is 0 Å². The van der Waals surface area contributed by atoms with Crippen LogP contribution in [0.5, 0.6) is 5.75 Å². The third kappa shape index (κ3) is 4.31. The Morgan fingerprint density at radius 1 is 1.15 bits per heavy atom. The molecule has 1 amide bonds. The van der Waals surface area contributed by atoms with E-state index in [1.807, 2.05) is 54.6 Å². The summed E-state index contributed by atoms with van der Waals surface area (Å²) in [7, 11) is 1.62. The van der Waals surface area contributed by atoms with Crippen LogP contribution in [0.1, 0.15) is 23.7 Å². The van der Waals surface area contributed by atoms with Crippen molar-refractivity contribution in [3.05, 3.63) is 60.2 Å². The van der Waals surface area contributed by atoms with Gasteiger partial charge in [-0.05, 0) is 54.4 Å². The van der Waals surface area contributed by atoms with E-state index in [-0.39, 0.29) is 5.91 Å². The molecule has 2 aromatic carbocycles. The summed E-state index contributed by atoms with van der Waals surface area (Å²) in [5.41, 5.74) is 1.71. The summed E-state index contributed by atoms with van der Waals surface area (Å²) in [6.45, 7) is 0. The minimum Gasteiger partial charge on any atom is -0.497 e. The van der Waals surface area contributed by atoms with Gasteiger partial charge in [0.15, 0.2) is 0 Å². The summed E-state index contributed by atoms with van der Waals surface area (Å²) < 4.78 is 10.9. The second kappa shape index (κ2) is 7.84. The number of nitrogens with zero attached hydrogens (tertiary/aromatic N) is 2. The van der Waals surface area contributed by atoms with Gasteiger partial charge in [0.2, 0.25) is 11.8 Å². The highest BCUT2D eigenvalue weighted by Crippen LogP contribution is 2.36. The zero-order valence-corrected chi connectivity index (χ0v) is 15.6. The Hall–Kier alpha value is -2.80. The summed E-state index contributed by atoms with van der Waals surface area (Å²) in [5, 5.41) is 11.2. The number of aromatic nitrogens is 2. The van der Waals surface area contributed by atoms with Crippen molar-refractivity contribution >= 4 is 17.7 Å². The summed E-state index contributed by atoms with van der Waals surface area (Å²) in [6.07, 6.45) is 2.08. The predicted molar refractivity (Wildman–Crippen MR) is 102 cm³/mol. The first-order valence-corrected chi connectivity index (χ1v) is 9.61. The van der Waals surface area contributed by atoms with Gasteiger partial charge in [-0.3, -0.25) is 4.79 Å². The van der Waals surface area contributed by atoms with Crippen LogP contribution in [0.4, 0.5) is 0 Å². The molecule has 1 atom stereocenters. The van der Waals surface area contributed by atoms with E-state index >= 15 is 0 Å². The number of carbonyl (C=O) groups is 1. The molecule has 1 N–H and O–H groups in total. The maximum atomic E-state index is 12.7. The van der Waals surface area contributed by atoms with Crippen LogP contribution in [0, 0.1) is 0 Å². The number of hydrogen-bond acceptors (Lipinski definition) is 6. The largest absolute Gasteiger partial charge is 0.497 e. The molecule has 0 saturated heterocycles. The van der Waals surface area contributed by atoms with Crippen LogP contribution < -0.4 is 10.1 Å². The van der Waals surface area contributed by atoms with Crippen LogP contribution in [-0.4, -0.2) is 29.3 Å². The summed E-state index contributed by atoms with van der Waals surface area (Å²) in [4.78, 5) is 12.7. The molecule has 0 radical (unpaired) electrons. The minimum atomic E-state index is -0.434. The minimum absolute atomic E-state index is 0.0297. The smallest absolute Gasteiger partial charge is 0.277 e. The fraction of sp³-hybridized carbons (Fsp3) is 0.250. The lowest BCUT2D eigenvalue weighted by Gasteiger charge is -2.14. The predicted octanol–water partition coefficient (Wildman–Crippen LogP) is 3.86. The topological polar surface area (TPSA) is 77.2 Å². The quantitative estimate of drug-likeness (QED) is 0.626. The average molecular weight is 381 g/mol. The molecule has 1 aliphatic carbocycles. The highest BCUT2D eigenvalue weighted by atomic mass is 32.2. The van der Waals surface area contributed by atoms with E-state index in [4.69, 9.17) is 9.15 Å². The monoisotopic (exact) mass is 381 g/mol. The van der Waals surface area contributed by atoms with Gasteiger partial charge in [0.1, 0.15) is 11.0 Å². The number of methoxy groups -OCH3 is 1. The number of hydrogen-bond donors (Lipinski definition) is 1. The molecule has 1 aliphatic rings. The van der Waals surface area contributed by atoms with Gasteiger partial charge in [0.05, 0.1) is 7.11 Å². The maximum Gasteiger partial charge on any atom is 0.277 e. The second-order valence-electron chi connectivity index (χ2n) is 6.29. The molecule has 1 aromatic heterocycles. The zero-order valence-electron chi connectivity index (χ0n) is 14.8. The molecule has 4 rings (SSSR count). The van der Waals surface area contributed by atoms with E-state index in [1.54, 1.807) is 7.11 Å². The molecule has 1 heterocycles. The first-order chi connectivity index (χ1) is 13.2. The summed E-state index contributed by atoms with van der Waals surface area (Å²) in [5.74, 6) is 1.14. The van der Waals surface area contributed by atoms with Crippen molar-refractivity contribution in [2.75, 3.05) is 7.11 Å². The summed E-state index contributed by atoms with van der Waals surface area (Å²) in [6, 6.07) is 17.3. The molecule has 1 unspecified atom stereocenters. The fourth-order valence-electron chi connectivity index (χ4n) is 2.61. The SMILES string of the molecule is COc1ccc(-c2nnc(SC(C(=O)NC3CC3)c3ccccc3)o2)cc1. The highest BCUT2D eigenvalue weighted by molar-refractivity contribution is 8.00. The Bertz CT molecular complexity index is 908. The van der Waals surface area contributed by atoms with Gasteiger partial charge in [-0.1, -0.05) is 30.3 Å². The van der Waals surface area contributed by atoms with Crippen molar-refractivity contribution in [3.8, 4) is 17.2 Å². The van der Waals surface area contributed by atoms with Gasteiger partial charge in [0, 0.05) is 11.6 Å². The van der Waals surface area contributed by atoms with E-state index in [0.717, 1.165) is 29.7 Å². The Morgan fingerprint density at radius 2 is 1.89 bits per heavy atom. The molecule has 6 nitrogen and oxygen atoms in total. The number of rotatable bonds is 7. The molecule has 1 fully saturated rings. The first kappa shape index (κ1) is 17.6. The third-order valence-corrected chi connectivity index (χ3v) is 5.31. The normalized spacial score (nSPS) is 14.6. The Kier molecular flexibility index (Phi) is 5.11. The number of amides is 1. The van der Waals surface area contributed by atoms with E-state index in [0.29, 0.717) is 17.2 Å². The maximum absolute atomic E-state index is 12.7. The lowest BCUT2D eigenvalue weighted by molar-refractivity contribution is -0.120. The van der Waals surface area contributed by atoms with Crippen LogP contribution in [0.25, 0.3) is 11.5 Å². The number of benzene rings is 2. The number of ether oxygens (including phenoxy) is 1. The molecule has 27 heavy (non-hydrogen) atoms. The van der Waals surface area contributed by atoms with Crippen molar-refractivity contribution in [3.63, 3.8) is 0 Å². The van der Waals surface area contributed by atoms with Crippen LogP contribution in [0.3, 0.4) is 0 Å². The molecule has 3 aromatic rings. The highest BCUT2D eigenvalue weighted by Gasteiger charge is 2.30. The van der Waals surface area contributed by atoms with Crippen molar-refractivity contribution in [1.29, 1.82) is 0 Å². The van der Waals surface area contributed by atoms with Gasteiger partial charge in [-0.15, -0.1) is 10.2 Å². The molecule has 138 valence electrons.